The molecule has 1 saturated heterocycles. The van der Waals surface area contributed by atoms with Gasteiger partial charge in [0.15, 0.2) is 0 Å². The first-order valence-corrected chi connectivity index (χ1v) is 4.87. The van der Waals surface area contributed by atoms with Gasteiger partial charge in [-0.25, -0.2) is 0 Å². The molecule has 10 heavy (non-hydrogen) atoms. The van der Waals surface area contributed by atoms with Crippen molar-refractivity contribution in [1.29, 1.82) is 0 Å². The van der Waals surface area contributed by atoms with Gasteiger partial charge in [-0.1, -0.05) is 6.92 Å². The molecule has 3 heteroatoms. The maximum absolute atomic E-state index is 8.78. The molecule has 1 rings (SSSR count). The third-order valence-corrected chi connectivity index (χ3v) is 2.97. The van der Waals surface area contributed by atoms with Crippen LogP contribution in [0.15, 0.2) is 0 Å². The van der Waals surface area contributed by atoms with Gasteiger partial charge < -0.3 is 10.4 Å². The number of nitrogens with one attached hydrogen (secondary N) is 1. The number of thioether (sulfide) groups is 1. The van der Waals surface area contributed by atoms with E-state index in [1.165, 1.54) is 5.75 Å². The largest absolute Gasteiger partial charge is 0.395 e. The summed E-state index contributed by atoms with van der Waals surface area (Å²) in [6.07, 6.45) is 1.13. The molecule has 0 aromatic carbocycles. The van der Waals surface area contributed by atoms with Crippen molar-refractivity contribution in [2.24, 2.45) is 0 Å². The van der Waals surface area contributed by atoms with E-state index in [1.807, 2.05) is 11.8 Å². The van der Waals surface area contributed by atoms with Crippen LogP contribution in [0.5, 0.6) is 0 Å². The van der Waals surface area contributed by atoms with Gasteiger partial charge in [0, 0.05) is 17.8 Å². The highest BCUT2D eigenvalue weighted by atomic mass is 32.2. The molecule has 0 aromatic rings. The molecule has 2 atom stereocenters. The fraction of sp³-hybridized carbons (Fsp3) is 1.00. The molecular weight excluding hydrogens is 146 g/mol. The van der Waals surface area contributed by atoms with Crippen molar-refractivity contribution in [3.8, 4) is 0 Å². The van der Waals surface area contributed by atoms with Crippen molar-refractivity contribution >= 4 is 11.8 Å². The molecule has 60 valence electrons. The van der Waals surface area contributed by atoms with Crippen LogP contribution < -0.4 is 5.32 Å². The van der Waals surface area contributed by atoms with Crippen molar-refractivity contribution < 1.29 is 5.11 Å². The van der Waals surface area contributed by atoms with Crippen molar-refractivity contribution in [2.75, 3.05) is 18.9 Å². The maximum Gasteiger partial charge on any atom is 0.0585 e. The number of aliphatic hydroxyl groups excluding tert-OH is 1. The zero-order chi connectivity index (χ0) is 7.40. The summed E-state index contributed by atoms with van der Waals surface area (Å²) < 4.78 is 0. The lowest BCUT2D eigenvalue weighted by Gasteiger charge is -2.05. The van der Waals surface area contributed by atoms with Crippen LogP contribution in [0.25, 0.3) is 0 Å². The lowest BCUT2D eigenvalue weighted by atomic mass is 10.2. The summed E-state index contributed by atoms with van der Waals surface area (Å²) in [4.78, 5) is 0. The first-order chi connectivity index (χ1) is 4.86. The minimum atomic E-state index is 0.292. The maximum atomic E-state index is 8.78. The van der Waals surface area contributed by atoms with Gasteiger partial charge in [-0.15, -0.1) is 0 Å². The van der Waals surface area contributed by atoms with E-state index in [0.717, 1.165) is 18.2 Å². The molecule has 1 fully saturated rings. The van der Waals surface area contributed by atoms with Crippen LogP contribution >= 0.6 is 11.8 Å². The van der Waals surface area contributed by atoms with Crippen molar-refractivity contribution in [3.63, 3.8) is 0 Å². The van der Waals surface area contributed by atoms with Gasteiger partial charge in [-0.05, 0) is 12.2 Å². The SMILES string of the molecule is CCS[C@@H]1CN[C@H](CO)C1. The summed E-state index contributed by atoms with van der Waals surface area (Å²) >= 11 is 1.98. The fourth-order valence-electron chi connectivity index (χ4n) is 1.28. The molecule has 0 spiro atoms. The highest BCUT2D eigenvalue weighted by Crippen LogP contribution is 2.19. The van der Waals surface area contributed by atoms with Crippen LogP contribution in [0.1, 0.15) is 13.3 Å². The molecule has 1 aliphatic heterocycles. The van der Waals surface area contributed by atoms with Crippen molar-refractivity contribution in [1.82, 2.24) is 5.32 Å². The lowest BCUT2D eigenvalue weighted by molar-refractivity contribution is 0.255. The second kappa shape index (κ2) is 4.21. The summed E-state index contributed by atoms with van der Waals surface area (Å²) in [6.45, 7) is 3.54. The average Bonchev–Trinajstić information content (AvgIpc) is 2.37. The summed E-state index contributed by atoms with van der Waals surface area (Å²) in [5.41, 5.74) is 0. The van der Waals surface area contributed by atoms with Gasteiger partial charge in [-0.3, -0.25) is 0 Å². The third-order valence-electron chi connectivity index (χ3n) is 1.80. The highest BCUT2D eigenvalue weighted by Gasteiger charge is 2.22. The van der Waals surface area contributed by atoms with Gasteiger partial charge in [0.25, 0.3) is 0 Å². The number of hydrogen-bond donors (Lipinski definition) is 2. The van der Waals surface area contributed by atoms with Crippen molar-refractivity contribution in [3.05, 3.63) is 0 Å². The smallest absolute Gasteiger partial charge is 0.0585 e. The van der Waals surface area contributed by atoms with Crippen LogP contribution in [0.2, 0.25) is 0 Å². The van der Waals surface area contributed by atoms with Gasteiger partial charge in [0.05, 0.1) is 6.61 Å². The molecule has 1 heterocycles. The summed E-state index contributed by atoms with van der Waals surface area (Å²) in [7, 11) is 0. The first-order valence-electron chi connectivity index (χ1n) is 3.82. The van der Waals surface area contributed by atoms with Gasteiger partial charge in [-0.2, -0.15) is 11.8 Å². The zero-order valence-corrected chi connectivity index (χ0v) is 7.16. The minimum absolute atomic E-state index is 0.292. The molecule has 0 bridgehead atoms. The monoisotopic (exact) mass is 161 g/mol. The predicted octanol–water partition coefficient (Wildman–Crippen LogP) is 0.462. The Morgan fingerprint density at radius 3 is 3.00 bits per heavy atom. The Bertz CT molecular complexity index is 99.6. The summed E-state index contributed by atoms with van der Waals surface area (Å²) in [6, 6.07) is 0.365. The van der Waals surface area contributed by atoms with Crippen LogP contribution in [0, 0.1) is 0 Å². The number of rotatable bonds is 3. The van der Waals surface area contributed by atoms with E-state index in [9.17, 15) is 0 Å². The van der Waals surface area contributed by atoms with Gasteiger partial charge in [0.2, 0.25) is 0 Å². The van der Waals surface area contributed by atoms with E-state index in [1.54, 1.807) is 0 Å². The van der Waals surface area contributed by atoms with E-state index in [0.29, 0.717) is 12.6 Å². The van der Waals surface area contributed by atoms with Crippen LogP contribution in [-0.2, 0) is 0 Å². The number of hydrogen-bond acceptors (Lipinski definition) is 3. The summed E-state index contributed by atoms with van der Waals surface area (Å²) in [5.74, 6) is 1.19. The van der Waals surface area contributed by atoms with E-state index >= 15 is 0 Å². The quantitative estimate of drug-likeness (QED) is 0.631. The molecule has 0 aliphatic carbocycles. The van der Waals surface area contributed by atoms with Crippen LogP contribution in [0.3, 0.4) is 0 Å². The molecule has 0 radical (unpaired) electrons. The second-order valence-corrected chi connectivity index (χ2v) is 4.18. The van der Waals surface area contributed by atoms with Gasteiger partial charge >= 0.3 is 0 Å². The van der Waals surface area contributed by atoms with Gasteiger partial charge in [0.1, 0.15) is 0 Å². The Hall–Kier alpha value is 0.270. The van der Waals surface area contributed by atoms with E-state index in [4.69, 9.17) is 5.11 Å². The molecule has 0 saturated carbocycles. The zero-order valence-electron chi connectivity index (χ0n) is 6.34. The molecule has 2 N–H and O–H groups in total. The third kappa shape index (κ3) is 2.15. The van der Waals surface area contributed by atoms with E-state index in [2.05, 4.69) is 12.2 Å². The fourth-order valence-corrected chi connectivity index (χ4v) is 2.34. The lowest BCUT2D eigenvalue weighted by Crippen LogP contribution is -2.24. The Kier molecular flexibility index (Phi) is 3.52. The first kappa shape index (κ1) is 8.37. The molecule has 0 aromatic heterocycles. The van der Waals surface area contributed by atoms with Crippen LogP contribution in [-0.4, -0.2) is 35.3 Å². The normalized spacial score (nSPS) is 33.0. The Morgan fingerprint density at radius 2 is 2.50 bits per heavy atom. The molecular formula is C7H15NOS. The van der Waals surface area contributed by atoms with E-state index < -0.39 is 0 Å². The molecule has 0 amide bonds. The minimum Gasteiger partial charge on any atom is -0.395 e. The summed E-state index contributed by atoms with van der Waals surface area (Å²) in [5, 5.41) is 12.8. The Balaban J connectivity index is 2.15. The topological polar surface area (TPSA) is 32.3 Å². The Morgan fingerprint density at radius 1 is 1.70 bits per heavy atom. The second-order valence-electron chi connectivity index (χ2n) is 2.60. The molecule has 0 unspecified atom stereocenters. The Labute approximate surface area is 66.4 Å². The number of aliphatic hydroxyl groups is 1. The highest BCUT2D eigenvalue weighted by molar-refractivity contribution is 7.99. The van der Waals surface area contributed by atoms with Crippen molar-refractivity contribution in [2.45, 2.75) is 24.6 Å². The van der Waals surface area contributed by atoms with Crippen LogP contribution in [0.4, 0.5) is 0 Å². The molecule has 1 aliphatic rings. The van der Waals surface area contributed by atoms with E-state index in [-0.39, 0.29) is 0 Å². The average molecular weight is 161 g/mol. The molecule has 2 nitrogen and oxygen atoms in total. The standard InChI is InChI=1S/C7H15NOS/c1-2-10-7-3-6(5-9)8-4-7/h6-9H,2-5H2,1H3/t6-,7-/m0/s1. The predicted molar refractivity (Wildman–Crippen MR) is 45.4 cm³/mol.